The average Bonchev–Trinajstić information content (AvgIpc) is 1.97. The van der Waals surface area contributed by atoms with E-state index >= 15 is 0 Å². The minimum Gasteiger partial charge on any atom is -0.507 e. The first-order valence-electron chi connectivity index (χ1n) is 3.80. The lowest BCUT2D eigenvalue weighted by Crippen LogP contribution is -2.33. The van der Waals surface area contributed by atoms with Gasteiger partial charge >= 0.3 is 0 Å². The van der Waals surface area contributed by atoms with Crippen molar-refractivity contribution in [3.05, 3.63) is 23.5 Å². The topological polar surface area (TPSA) is 86.7 Å². The Morgan fingerprint density at radius 2 is 2.08 bits per heavy atom. The molecule has 0 aliphatic heterocycles. The van der Waals surface area contributed by atoms with Gasteiger partial charge in [-0.25, -0.2) is 0 Å². The normalized spacial score (nSPS) is 21.6. The predicted molar refractivity (Wildman–Crippen MR) is 44.3 cm³/mol. The molecule has 1 aliphatic rings. The molecule has 0 fully saturated rings. The van der Waals surface area contributed by atoms with Crippen LogP contribution in [-0.2, 0) is 0 Å². The molecule has 0 radical (unpaired) electrons. The van der Waals surface area contributed by atoms with Crippen LogP contribution in [0.5, 0.6) is 0 Å². The minimum atomic E-state index is -2.10. The highest BCUT2D eigenvalue weighted by Gasteiger charge is 2.31. The molecule has 0 atom stereocenters. The van der Waals surface area contributed by atoms with Crippen molar-refractivity contribution < 1.29 is 15.3 Å². The van der Waals surface area contributed by atoms with Crippen LogP contribution in [0.15, 0.2) is 23.5 Å². The van der Waals surface area contributed by atoms with Gasteiger partial charge in [-0.05, 0) is 19.0 Å². The maximum atomic E-state index is 9.20. The molecular weight excluding hydrogens is 158 g/mol. The maximum absolute atomic E-state index is 9.20. The van der Waals surface area contributed by atoms with E-state index in [-0.39, 0.29) is 6.42 Å². The molecule has 5 N–H and O–H groups in total. The standard InChI is InChI=1S/C8H13NO3/c9-4-3-6-1-2-7(10)8(11,12)5-6/h1-2,10-12H,3-5,9H2. The summed E-state index contributed by atoms with van der Waals surface area (Å²) in [7, 11) is 0. The number of hydrogen-bond donors (Lipinski definition) is 4. The predicted octanol–water partition coefficient (Wildman–Crippen LogP) is -0.212. The largest absolute Gasteiger partial charge is 0.507 e. The van der Waals surface area contributed by atoms with E-state index in [9.17, 15) is 10.2 Å². The molecule has 0 saturated carbocycles. The second-order valence-electron chi connectivity index (χ2n) is 2.91. The summed E-state index contributed by atoms with van der Waals surface area (Å²) >= 11 is 0. The zero-order valence-electron chi connectivity index (χ0n) is 6.70. The molecule has 0 bridgehead atoms. The second-order valence-corrected chi connectivity index (χ2v) is 2.91. The summed E-state index contributed by atoms with van der Waals surface area (Å²) in [5.41, 5.74) is 6.13. The Morgan fingerprint density at radius 1 is 1.42 bits per heavy atom. The van der Waals surface area contributed by atoms with E-state index in [1.54, 1.807) is 6.08 Å². The molecule has 4 nitrogen and oxygen atoms in total. The summed E-state index contributed by atoms with van der Waals surface area (Å²) in [6.07, 6.45) is 3.60. The van der Waals surface area contributed by atoms with Crippen LogP contribution < -0.4 is 5.73 Å². The van der Waals surface area contributed by atoms with Crippen molar-refractivity contribution in [2.75, 3.05) is 6.54 Å². The van der Waals surface area contributed by atoms with Crippen molar-refractivity contribution in [2.45, 2.75) is 18.6 Å². The van der Waals surface area contributed by atoms with E-state index in [1.165, 1.54) is 6.08 Å². The van der Waals surface area contributed by atoms with Gasteiger partial charge in [-0.15, -0.1) is 0 Å². The summed E-state index contributed by atoms with van der Waals surface area (Å²) in [6, 6.07) is 0. The first kappa shape index (κ1) is 9.25. The van der Waals surface area contributed by atoms with Crippen LogP contribution in [-0.4, -0.2) is 27.7 Å². The summed E-state index contributed by atoms with van der Waals surface area (Å²) in [6.45, 7) is 0.469. The molecule has 0 amide bonds. The number of nitrogens with two attached hydrogens (primary N) is 1. The maximum Gasteiger partial charge on any atom is 0.226 e. The number of hydrogen-bond acceptors (Lipinski definition) is 4. The Morgan fingerprint density at radius 3 is 2.58 bits per heavy atom. The third-order valence-electron chi connectivity index (χ3n) is 1.83. The highest BCUT2D eigenvalue weighted by molar-refractivity contribution is 5.26. The van der Waals surface area contributed by atoms with E-state index < -0.39 is 11.5 Å². The SMILES string of the molecule is NCCC1=CC=C(O)C(O)(O)C1. The van der Waals surface area contributed by atoms with Crippen molar-refractivity contribution in [1.29, 1.82) is 0 Å². The lowest BCUT2D eigenvalue weighted by molar-refractivity contribution is -0.151. The van der Waals surface area contributed by atoms with Gasteiger partial charge in [-0.3, -0.25) is 0 Å². The van der Waals surface area contributed by atoms with Crippen LogP contribution in [0.3, 0.4) is 0 Å². The van der Waals surface area contributed by atoms with Gasteiger partial charge in [0.05, 0.1) is 0 Å². The molecule has 12 heavy (non-hydrogen) atoms. The Labute approximate surface area is 70.6 Å². The van der Waals surface area contributed by atoms with E-state index in [4.69, 9.17) is 10.8 Å². The van der Waals surface area contributed by atoms with Crippen molar-refractivity contribution in [1.82, 2.24) is 0 Å². The van der Waals surface area contributed by atoms with Gasteiger partial charge in [0.2, 0.25) is 5.79 Å². The Balaban J connectivity index is 2.73. The summed E-state index contributed by atoms with van der Waals surface area (Å²) in [4.78, 5) is 0. The zero-order valence-corrected chi connectivity index (χ0v) is 6.70. The summed E-state index contributed by atoms with van der Waals surface area (Å²) in [5.74, 6) is -2.51. The van der Waals surface area contributed by atoms with E-state index in [2.05, 4.69) is 0 Å². The molecule has 0 aromatic carbocycles. The summed E-state index contributed by atoms with van der Waals surface area (Å²) < 4.78 is 0. The first-order valence-corrected chi connectivity index (χ1v) is 3.80. The fraction of sp³-hybridized carbons (Fsp3) is 0.500. The Kier molecular flexibility index (Phi) is 2.52. The number of aliphatic hydroxyl groups excluding tert-OH is 1. The van der Waals surface area contributed by atoms with Crippen LogP contribution in [0.4, 0.5) is 0 Å². The van der Waals surface area contributed by atoms with Gasteiger partial charge in [0, 0.05) is 6.42 Å². The molecule has 1 aliphatic carbocycles. The molecule has 0 aromatic rings. The molecule has 0 aromatic heterocycles. The van der Waals surface area contributed by atoms with Gasteiger partial charge in [0.25, 0.3) is 0 Å². The molecule has 1 rings (SSSR count). The number of rotatable bonds is 2. The summed E-state index contributed by atoms with van der Waals surface area (Å²) in [5, 5.41) is 27.4. The minimum absolute atomic E-state index is 0.0343. The van der Waals surface area contributed by atoms with Crippen molar-refractivity contribution in [2.24, 2.45) is 5.73 Å². The number of aliphatic hydroxyl groups is 3. The molecule has 68 valence electrons. The lowest BCUT2D eigenvalue weighted by Gasteiger charge is -2.25. The van der Waals surface area contributed by atoms with E-state index in [0.717, 1.165) is 5.57 Å². The molecule has 4 heteroatoms. The average molecular weight is 171 g/mol. The van der Waals surface area contributed by atoms with Gasteiger partial charge in [0.15, 0.2) is 5.76 Å². The fourth-order valence-electron chi connectivity index (χ4n) is 1.15. The van der Waals surface area contributed by atoms with Crippen LogP contribution >= 0.6 is 0 Å². The lowest BCUT2D eigenvalue weighted by atomic mass is 9.96. The van der Waals surface area contributed by atoms with Crippen molar-refractivity contribution in [3.63, 3.8) is 0 Å². The van der Waals surface area contributed by atoms with Crippen LogP contribution in [0, 0.1) is 0 Å². The highest BCUT2D eigenvalue weighted by Crippen LogP contribution is 2.26. The smallest absolute Gasteiger partial charge is 0.226 e. The molecule has 0 spiro atoms. The third kappa shape index (κ3) is 1.85. The van der Waals surface area contributed by atoms with Crippen molar-refractivity contribution >= 4 is 0 Å². The fourth-order valence-corrected chi connectivity index (χ4v) is 1.15. The molecule has 0 unspecified atom stereocenters. The van der Waals surface area contributed by atoms with Gasteiger partial charge in [0.1, 0.15) is 0 Å². The molecular formula is C8H13NO3. The quantitative estimate of drug-likeness (QED) is 0.433. The zero-order chi connectivity index (χ0) is 9.19. The monoisotopic (exact) mass is 171 g/mol. The van der Waals surface area contributed by atoms with Crippen molar-refractivity contribution in [3.8, 4) is 0 Å². The van der Waals surface area contributed by atoms with Gasteiger partial charge in [-0.2, -0.15) is 0 Å². The highest BCUT2D eigenvalue weighted by atomic mass is 16.5. The molecule has 0 heterocycles. The van der Waals surface area contributed by atoms with Crippen LogP contribution in [0.2, 0.25) is 0 Å². The van der Waals surface area contributed by atoms with E-state index in [0.29, 0.717) is 13.0 Å². The van der Waals surface area contributed by atoms with E-state index in [1.807, 2.05) is 0 Å². The number of allylic oxidation sites excluding steroid dienone is 2. The second kappa shape index (κ2) is 3.26. The van der Waals surface area contributed by atoms with Crippen LogP contribution in [0.1, 0.15) is 12.8 Å². The Hall–Kier alpha value is -0.840. The van der Waals surface area contributed by atoms with Gasteiger partial charge < -0.3 is 21.1 Å². The van der Waals surface area contributed by atoms with Gasteiger partial charge in [-0.1, -0.05) is 11.6 Å². The Bertz CT molecular complexity index is 230. The first-order chi connectivity index (χ1) is 5.56. The third-order valence-corrected chi connectivity index (χ3v) is 1.83. The van der Waals surface area contributed by atoms with Crippen LogP contribution in [0.25, 0.3) is 0 Å². The molecule has 0 saturated heterocycles.